The number of halogens is 1. The number of piperidine rings is 1. The fraction of sp³-hybridized carbons (Fsp3) is 0.625. The Balaban J connectivity index is 1.51. The highest BCUT2D eigenvalue weighted by Gasteiger charge is 2.61. The summed E-state index contributed by atoms with van der Waals surface area (Å²) in [5.74, 6) is 0.900. The molecule has 0 amide bonds. The lowest BCUT2D eigenvalue weighted by Crippen LogP contribution is -2.40. The van der Waals surface area contributed by atoms with Crippen LogP contribution in [0, 0.1) is 5.92 Å². The zero-order valence-corrected chi connectivity index (χ0v) is 12.7. The molecule has 1 saturated carbocycles. The molecule has 0 radical (unpaired) electrons. The van der Waals surface area contributed by atoms with Crippen LogP contribution in [0.1, 0.15) is 24.8 Å². The number of fused-ring (bicyclic) bond motifs is 1. The first-order valence-electron chi connectivity index (χ1n) is 7.36. The third-order valence-corrected chi connectivity index (χ3v) is 5.83. The van der Waals surface area contributed by atoms with E-state index in [0.29, 0.717) is 5.41 Å². The van der Waals surface area contributed by atoms with Crippen molar-refractivity contribution in [2.45, 2.75) is 30.7 Å². The molecule has 2 heterocycles. The Morgan fingerprint density at radius 1 is 1.16 bits per heavy atom. The van der Waals surface area contributed by atoms with E-state index in [1.165, 1.54) is 36.8 Å². The van der Waals surface area contributed by atoms with Gasteiger partial charge in [-0.25, -0.2) is 0 Å². The molecule has 3 heteroatoms. The molecule has 3 fully saturated rings. The van der Waals surface area contributed by atoms with Gasteiger partial charge in [-0.15, -0.1) is 0 Å². The van der Waals surface area contributed by atoms with Crippen LogP contribution < -0.4 is 0 Å². The first-order valence-corrected chi connectivity index (χ1v) is 8.15. The van der Waals surface area contributed by atoms with Crippen molar-refractivity contribution in [2.75, 3.05) is 26.3 Å². The Labute approximate surface area is 123 Å². The highest BCUT2D eigenvalue weighted by molar-refractivity contribution is 9.10. The van der Waals surface area contributed by atoms with Crippen molar-refractivity contribution >= 4 is 15.9 Å². The van der Waals surface area contributed by atoms with Crippen molar-refractivity contribution in [1.29, 1.82) is 0 Å². The Bertz CT molecular complexity index is 468. The molecule has 1 aliphatic carbocycles. The first-order chi connectivity index (χ1) is 9.28. The standard InChI is InChI=1S/C16H20BrNO/c17-14-3-1-12(2-4-14)16-9-13(16)10-18(11-16)15-5-7-19-8-6-15/h1-4,13,15H,5-11H2/t13-,16+/m1/s1. The van der Waals surface area contributed by atoms with Gasteiger partial charge in [0.15, 0.2) is 0 Å². The van der Waals surface area contributed by atoms with Crippen LogP contribution in [0.15, 0.2) is 28.7 Å². The minimum Gasteiger partial charge on any atom is -0.381 e. The van der Waals surface area contributed by atoms with Crippen LogP contribution >= 0.6 is 15.9 Å². The van der Waals surface area contributed by atoms with Gasteiger partial charge in [-0.3, -0.25) is 4.90 Å². The largest absolute Gasteiger partial charge is 0.381 e. The molecule has 0 N–H and O–H groups in total. The van der Waals surface area contributed by atoms with E-state index in [1.54, 1.807) is 5.56 Å². The second kappa shape index (κ2) is 4.57. The summed E-state index contributed by atoms with van der Waals surface area (Å²) in [6.07, 6.45) is 3.85. The van der Waals surface area contributed by atoms with Crippen LogP contribution in [0.25, 0.3) is 0 Å². The summed E-state index contributed by atoms with van der Waals surface area (Å²) < 4.78 is 6.67. The van der Waals surface area contributed by atoms with Gasteiger partial charge in [0.1, 0.15) is 0 Å². The van der Waals surface area contributed by atoms with Crippen LogP contribution in [-0.4, -0.2) is 37.2 Å². The smallest absolute Gasteiger partial charge is 0.0480 e. The molecule has 0 bridgehead atoms. The average molecular weight is 322 g/mol. The lowest BCUT2D eigenvalue weighted by molar-refractivity contribution is 0.0378. The quantitative estimate of drug-likeness (QED) is 0.829. The molecule has 3 aliphatic rings. The van der Waals surface area contributed by atoms with Gasteiger partial charge in [-0.2, -0.15) is 0 Å². The lowest BCUT2D eigenvalue weighted by Gasteiger charge is -2.33. The minimum atomic E-state index is 0.485. The van der Waals surface area contributed by atoms with Gasteiger partial charge in [0.25, 0.3) is 0 Å². The number of rotatable bonds is 2. The summed E-state index contributed by atoms with van der Waals surface area (Å²) in [7, 11) is 0. The van der Waals surface area contributed by atoms with Gasteiger partial charge in [-0.05, 0) is 42.9 Å². The van der Waals surface area contributed by atoms with Crippen LogP contribution in [0.2, 0.25) is 0 Å². The molecular weight excluding hydrogens is 302 g/mol. The molecule has 2 atom stereocenters. The maximum Gasteiger partial charge on any atom is 0.0480 e. The summed E-state index contributed by atoms with van der Waals surface area (Å²) >= 11 is 3.54. The van der Waals surface area contributed by atoms with E-state index >= 15 is 0 Å². The predicted molar refractivity (Wildman–Crippen MR) is 79.3 cm³/mol. The number of hydrogen-bond donors (Lipinski definition) is 0. The Morgan fingerprint density at radius 2 is 1.89 bits per heavy atom. The Hall–Kier alpha value is -0.380. The second-order valence-electron chi connectivity index (χ2n) is 6.34. The molecule has 0 spiro atoms. The molecule has 102 valence electrons. The van der Waals surface area contributed by atoms with Crippen molar-refractivity contribution in [3.8, 4) is 0 Å². The number of nitrogens with zero attached hydrogens (tertiary/aromatic N) is 1. The summed E-state index contributed by atoms with van der Waals surface area (Å²) in [6.45, 7) is 4.49. The van der Waals surface area contributed by atoms with Gasteiger partial charge in [-0.1, -0.05) is 28.1 Å². The fourth-order valence-electron chi connectivity index (χ4n) is 4.08. The molecule has 1 aromatic rings. The average Bonchev–Trinajstić information content (AvgIpc) is 3.03. The topological polar surface area (TPSA) is 12.5 Å². The van der Waals surface area contributed by atoms with Gasteiger partial charge in [0.05, 0.1) is 0 Å². The summed E-state index contributed by atoms with van der Waals surface area (Å²) in [5, 5.41) is 0. The molecular formula is C16H20BrNO. The van der Waals surface area contributed by atoms with E-state index in [4.69, 9.17) is 4.74 Å². The van der Waals surface area contributed by atoms with Crippen molar-refractivity contribution in [3.63, 3.8) is 0 Å². The van der Waals surface area contributed by atoms with Crippen LogP contribution in [0.5, 0.6) is 0 Å². The summed E-state index contributed by atoms with van der Waals surface area (Å²) in [4.78, 5) is 2.73. The SMILES string of the molecule is Brc1ccc([C@@]23C[C@@H]2CN(C2CCOCC2)C3)cc1. The van der Waals surface area contributed by atoms with E-state index in [1.807, 2.05) is 0 Å². The molecule has 2 saturated heterocycles. The molecule has 19 heavy (non-hydrogen) atoms. The molecule has 2 aliphatic heterocycles. The zero-order chi connectivity index (χ0) is 12.9. The predicted octanol–water partition coefficient (Wildman–Crippen LogP) is 3.20. The lowest BCUT2D eigenvalue weighted by atomic mass is 9.95. The number of hydrogen-bond acceptors (Lipinski definition) is 2. The van der Waals surface area contributed by atoms with Crippen LogP contribution in [0.4, 0.5) is 0 Å². The van der Waals surface area contributed by atoms with Crippen molar-refractivity contribution in [1.82, 2.24) is 4.90 Å². The van der Waals surface area contributed by atoms with E-state index in [-0.39, 0.29) is 0 Å². The van der Waals surface area contributed by atoms with Crippen molar-refractivity contribution in [2.24, 2.45) is 5.92 Å². The third kappa shape index (κ3) is 2.07. The Morgan fingerprint density at radius 3 is 2.63 bits per heavy atom. The summed E-state index contributed by atoms with van der Waals surface area (Å²) in [5.41, 5.74) is 2.04. The third-order valence-electron chi connectivity index (χ3n) is 5.30. The summed E-state index contributed by atoms with van der Waals surface area (Å²) in [6, 6.07) is 9.79. The zero-order valence-electron chi connectivity index (χ0n) is 11.1. The molecule has 0 unspecified atom stereocenters. The van der Waals surface area contributed by atoms with Crippen molar-refractivity contribution < 1.29 is 4.74 Å². The molecule has 4 rings (SSSR count). The first kappa shape index (κ1) is 12.4. The highest BCUT2D eigenvalue weighted by Crippen LogP contribution is 2.59. The van der Waals surface area contributed by atoms with Crippen LogP contribution in [0.3, 0.4) is 0 Å². The maximum atomic E-state index is 5.49. The van der Waals surface area contributed by atoms with Crippen LogP contribution in [-0.2, 0) is 10.2 Å². The normalized spacial score (nSPS) is 35.3. The van der Waals surface area contributed by atoms with Gasteiger partial charge >= 0.3 is 0 Å². The van der Waals surface area contributed by atoms with E-state index in [2.05, 4.69) is 45.1 Å². The number of benzene rings is 1. The van der Waals surface area contributed by atoms with Gasteiger partial charge < -0.3 is 4.74 Å². The van der Waals surface area contributed by atoms with Gasteiger partial charge in [0.2, 0.25) is 0 Å². The second-order valence-corrected chi connectivity index (χ2v) is 7.25. The van der Waals surface area contributed by atoms with Gasteiger partial charge in [0, 0.05) is 42.2 Å². The fourth-order valence-corrected chi connectivity index (χ4v) is 4.34. The van der Waals surface area contributed by atoms with E-state index in [9.17, 15) is 0 Å². The maximum absolute atomic E-state index is 5.49. The Kier molecular flexibility index (Phi) is 2.98. The van der Waals surface area contributed by atoms with Crippen molar-refractivity contribution in [3.05, 3.63) is 34.3 Å². The number of likely N-dealkylation sites (tertiary alicyclic amines) is 1. The highest BCUT2D eigenvalue weighted by atomic mass is 79.9. The molecule has 1 aromatic carbocycles. The van der Waals surface area contributed by atoms with E-state index in [0.717, 1.165) is 25.2 Å². The molecule has 0 aromatic heterocycles. The molecule has 2 nitrogen and oxygen atoms in total. The monoisotopic (exact) mass is 321 g/mol. The van der Waals surface area contributed by atoms with E-state index < -0.39 is 0 Å². The number of ether oxygens (including phenoxy) is 1. The minimum absolute atomic E-state index is 0.485.